The summed E-state index contributed by atoms with van der Waals surface area (Å²) in [5.41, 5.74) is 0. The Hall–Kier alpha value is -0.990. The molecular formula is C10H14N2. The lowest BCUT2D eigenvalue weighted by Gasteiger charge is -2.33. The summed E-state index contributed by atoms with van der Waals surface area (Å²) in [5.74, 6) is 6.91. The molecule has 0 aromatic rings. The van der Waals surface area contributed by atoms with Crippen molar-refractivity contribution in [2.75, 3.05) is 19.6 Å². The van der Waals surface area contributed by atoms with Gasteiger partial charge >= 0.3 is 0 Å². The molecule has 1 aliphatic rings. The van der Waals surface area contributed by atoms with E-state index in [1.807, 2.05) is 0 Å². The van der Waals surface area contributed by atoms with Gasteiger partial charge in [0.15, 0.2) is 0 Å². The molecule has 0 aliphatic carbocycles. The fourth-order valence-electron chi connectivity index (χ4n) is 1.14. The quantitative estimate of drug-likeness (QED) is 0.540. The van der Waals surface area contributed by atoms with Gasteiger partial charge in [0.1, 0.15) is 0 Å². The second-order valence-electron chi connectivity index (χ2n) is 3.50. The van der Waals surface area contributed by atoms with Gasteiger partial charge < -0.3 is 0 Å². The summed E-state index contributed by atoms with van der Waals surface area (Å²) in [7, 11) is 0. The molecule has 1 saturated heterocycles. The molecule has 0 unspecified atom stereocenters. The van der Waals surface area contributed by atoms with Gasteiger partial charge in [0.2, 0.25) is 0 Å². The van der Waals surface area contributed by atoms with E-state index < -0.39 is 0 Å². The summed E-state index contributed by atoms with van der Waals surface area (Å²) in [6, 6.07) is 2.24. The summed E-state index contributed by atoms with van der Waals surface area (Å²) >= 11 is 0. The highest BCUT2D eigenvalue weighted by molar-refractivity contribution is 5.06. The summed E-state index contributed by atoms with van der Waals surface area (Å²) < 4.78 is 0. The third-order valence-electron chi connectivity index (χ3n) is 1.83. The Labute approximate surface area is 74.2 Å². The van der Waals surface area contributed by atoms with Crippen molar-refractivity contribution in [1.82, 2.24) is 4.90 Å². The van der Waals surface area contributed by atoms with Crippen LogP contribution < -0.4 is 0 Å². The fourth-order valence-corrected chi connectivity index (χ4v) is 1.14. The zero-order valence-corrected chi connectivity index (χ0v) is 7.67. The number of hydrogen-bond acceptors (Lipinski definition) is 2. The normalized spacial score (nSPS) is 17.8. The predicted molar refractivity (Wildman–Crippen MR) is 48.2 cm³/mol. The average molecular weight is 162 g/mol. The van der Waals surface area contributed by atoms with Gasteiger partial charge in [-0.15, -0.1) is 0 Å². The molecule has 0 N–H and O–H groups in total. The molecule has 0 amide bonds. The molecule has 1 heterocycles. The molecule has 0 saturated carbocycles. The Bertz CT molecular complexity index is 233. The molecule has 2 nitrogen and oxygen atoms in total. The number of rotatable bonds is 1. The van der Waals surface area contributed by atoms with Gasteiger partial charge in [-0.05, 0) is 0 Å². The van der Waals surface area contributed by atoms with E-state index in [4.69, 9.17) is 5.26 Å². The molecule has 12 heavy (non-hydrogen) atoms. The number of likely N-dealkylation sites (tertiary alicyclic amines) is 1. The minimum absolute atomic E-state index is 0.255. The van der Waals surface area contributed by atoms with Crippen LogP contribution in [0.25, 0.3) is 0 Å². The SMILES string of the molecule is CC(C)C#CCN1CC(C#N)C1. The van der Waals surface area contributed by atoms with E-state index in [9.17, 15) is 0 Å². The van der Waals surface area contributed by atoms with Gasteiger partial charge in [-0.25, -0.2) is 0 Å². The summed E-state index contributed by atoms with van der Waals surface area (Å²) in [4.78, 5) is 2.20. The molecule has 1 rings (SSSR count). The van der Waals surface area contributed by atoms with Crippen molar-refractivity contribution in [3.8, 4) is 17.9 Å². The Balaban J connectivity index is 2.14. The van der Waals surface area contributed by atoms with Crippen molar-refractivity contribution in [3.05, 3.63) is 0 Å². The molecule has 0 aromatic carbocycles. The van der Waals surface area contributed by atoms with Crippen LogP contribution in [0.1, 0.15) is 13.8 Å². The molecule has 0 spiro atoms. The number of hydrogen-bond donors (Lipinski definition) is 0. The lowest BCUT2D eigenvalue weighted by Crippen LogP contribution is -2.45. The van der Waals surface area contributed by atoms with Gasteiger partial charge in [0.25, 0.3) is 0 Å². The van der Waals surface area contributed by atoms with Crippen molar-refractivity contribution in [2.45, 2.75) is 13.8 Å². The second kappa shape index (κ2) is 4.14. The van der Waals surface area contributed by atoms with Gasteiger partial charge in [0.05, 0.1) is 18.5 Å². The van der Waals surface area contributed by atoms with E-state index in [-0.39, 0.29) is 5.92 Å². The highest BCUT2D eigenvalue weighted by Gasteiger charge is 2.24. The van der Waals surface area contributed by atoms with E-state index >= 15 is 0 Å². The van der Waals surface area contributed by atoms with Gasteiger partial charge in [0, 0.05) is 19.0 Å². The van der Waals surface area contributed by atoms with Crippen LogP contribution in [0.4, 0.5) is 0 Å². The topological polar surface area (TPSA) is 27.0 Å². The zero-order chi connectivity index (χ0) is 8.97. The van der Waals surface area contributed by atoms with E-state index in [1.54, 1.807) is 0 Å². The first-order chi connectivity index (χ1) is 5.72. The first-order valence-electron chi connectivity index (χ1n) is 4.32. The minimum atomic E-state index is 0.255. The summed E-state index contributed by atoms with van der Waals surface area (Å²) in [5, 5.41) is 8.50. The Kier molecular flexibility index (Phi) is 3.14. The average Bonchev–Trinajstić information content (AvgIpc) is 1.93. The van der Waals surface area contributed by atoms with Crippen LogP contribution in [0.2, 0.25) is 0 Å². The van der Waals surface area contributed by atoms with Gasteiger partial charge in [-0.3, -0.25) is 4.90 Å². The van der Waals surface area contributed by atoms with Crippen molar-refractivity contribution in [3.63, 3.8) is 0 Å². The van der Waals surface area contributed by atoms with Crippen LogP contribution >= 0.6 is 0 Å². The van der Waals surface area contributed by atoms with Gasteiger partial charge in [-0.1, -0.05) is 25.7 Å². The Morgan fingerprint density at radius 3 is 2.67 bits per heavy atom. The lowest BCUT2D eigenvalue weighted by molar-refractivity contribution is 0.156. The van der Waals surface area contributed by atoms with E-state index in [2.05, 4.69) is 36.7 Å². The van der Waals surface area contributed by atoms with Crippen LogP contribution in [-0.4, -0.2) is 24.5 Å². The lowest BCUT2D eigenvalue weighted by atomic mass is 10.0. The third kappa shape index (κ3) is 2.57. The smallest absolute Gasteiger partial charge is 0.0718 e. The monoisotopic (exact) mass is 162 g/mol. The highest BCUT2D eigenvalue weighted by Crippen LogP contribution is 2.12. The Morgan fingerprint density at radius 2 is 2.17 bits per heavy atom. The largest absolute Gasteiger partial charge is 0.290 e. The molecule has 2 heteroatoms. The summed E-state index contributed by atoms with van der Waals surface area (Å²) in [6.45, 7) is 6.81. The van der Waals surface area contributed by atoms with Crippen LogP contribution in [0.5, 0.6) is 0 Å². The maximum atomic E-state index is 8.50. The van der Waals surface area contributed by atoms with Crippen LogP contribution in [0.3, 0.4) is 0 Å². The van der Waals surface area contributed by atoms with Crippen molar-refractivity contribution < 1.29 is 0 Å². The van der Waals surface area contributed by atoms with Crippen molar-refractivity contribution in [1.29, 1.82) is 5.26 Å². The van der Waals surface area contributed by atoms with Crippen LogP contribution in [0.15, 0.2) is 0 Å². The molecule has 0 radical (unpaired) electrons. The van der Waals surface area contributed by atoms with E-state index in [0.29, 0.717) is 5.92 Å². The third-order valence-corrected chi connectivity index (χ3v) is 1.83. The number of nitriles is 1. The zero-order valence-electron chi connectivity index (χ0n) is 7.67. The molecular weight excluding hydrogens is 148 g/mol. The molecule has 1 fully saturated rings. The Morgan fingerprint density at radius 1 is 1.50 bits per heavy atom. The highest BCUT2D eigenvalue weighted by atomic mass is 15.2. The van der Waals surface area contributed by atoms with E-state index in [1.165, 1.54) is 0 Å². The molecule has 64 valence electrons. The first kappa shape index (κ1) is 9.10. The molecule has 0 aromatic heterocycles. The minimum Gasteiger partial charge on any atom is -0.290 e. The van der Waals surface area contributed by atoms with Crippen molar-refractivity contribution >= 4 is 0 Å². The maximum Gasteiger partial charge on any atom is 0.0718 e. The van der Waals surface area contributed by atoms with Crippen LogP contribution in [0, 0.1) is 35.0 Å². The number of nitrogens with zero attached hydrogens (tertiary/aromatic N) is 2. The predicted octanol–water partition coefficient (Wildman–Crippen LogP) is 1.10. The van der Waals surface area contributed by atoms with Gasteiger partial charge in [-0.2, -0.15) is 5.26 Å². The maximum absolute atomic E-state index is 8.50. The molecule has 0 bridgehead atoms. The molecule has 0 atom stereocenters. The van der Waals surface area contributed by atoms with Crippen LogP contribution in [-0.2, 0) is 0 Å². The van der Waals surface area contributed by atoms with E-state index in [0.717, 1.165) is 19.6 Å². The summed E-state index contributed by atoms with van der Waals surface area (Å²) in [6.07, 6.45) is 0. The second-order valence-corrected chi connectivity index (χ2v) is 3.50. The standard InChI is InChI=1S/C10H14N2/c1-9(2)4-3-5-12-7-10(6-11)8-12/h9-10H,5,7-8H2,1-2H3. The fraction of sp³-hybridized carbons (Fsp3) is 0.700. The first-order valence-corrected chi connectivity index (χ1v) is 4.32. The molecule has 1 aliphatic heterocycles. The van der Waals surface area contributed by atoms with Crippen molar-refractivity contribution in [2.24, 2.45) is 11.8 Å².